The monoisotopic (exact) mass is 251 g/mol. The minimum absolute atomic E-state index is 1.11. The summed E-state index contributed by atoms with van der Waals surface area (Å²) in [6.07, 6.45) is 23.8. The Bertz CT molecular complexity index is 139. The van der Waals surface area contributed by atoms with Crippen molar-refractivity contribution < 1.29 is 0 Å². The van der Waals surface area contributed by atoms with Gasteiger partial charge in [-0.2, -0.15) is 6.42 Å². The van der Waals surface area contributed by atoms with Crippen LogP contribution in [-0.4, -0.2) is 0 Å². The van der Waals surface area contributed by atoms with E-state index in [0.717, 1.165) is 6.42 Å². The van der Waals surface area contributed by atoms with E-state index < -0.39 is 0 Å². The molecule has 0 heteroatoms. The van der Waals surface area contributed by atoms with E-state index in [1.54, 1.807) is 0 Å². The summed E-state index contributed by atoms with van der Waals surface area (Å²) < 4.78 is 0. The van der Waals surface area contributed by atoms with Gasteiger partial charge in [0.05, 0.1) is 0 Å². The van der Waals surface area contributed by atoms with Crippen molar-refractivity contribution >= 4 is 0 Å². The first kappa shape index (κ1) is 17.7. The van der Waals surface area contributed by atoms with Gasteiger partial charge in [0, 0.05) is 0 Å². The highest BCUT2D eigenvalue weighted by Crippen LogP contribution is 2.09. The van der Waals surface area contributed by atoms with Gasteiger partial charge in [0.15, 0.2) is 0 Å². The van der Waals surface area contributed by atoms with Gasteiger partial charge in [-0.1, -0.05) is 76.9 Å². The zero-order chi connectivity index (χ0) is 13.3. The quantitative estimate of drug-likeness (QED) is 0.180. The first-order valence-corrected chi connectivity index (χ1v) is 8.36. The predicted octanol–water partition coefficient (Wildman–Crippen LogP) is 6.86. The second-order valence-corrected chi connectivity index (χ2v) is 5.44. The van der Waals surface area contributed by atoms with Gasteiger partial charge in [-0.05, 0) is 25.7 Å². The smallest absolute Gasteiger partial charge is 0.0351 e. The molecule has 0 aromatic heterocycles. The van der Waals surface area contributed by atoms with Crippen molar-refractivity contribution in [1.29, 1.82) is 0 Å². The SMILES string of the molecule is [CH2-]CCCCCCC/C=C\CCCCCCCC. The highest BCUT2D eigenvalue weighted by atomic mass is 14.0. The highest BCUT2D eigenvalue weighted by Gasteiger charge is 1.89. The molecule has 0 spiro atoms. The molecule has 18 heavy (non-hydrogen) atoms. The van der Waals surface area contributed by atoms with E-state index in [9.17, 15) is 0 Å². The minimum atomic E-state index is 1.11. The lowest BCUT2D eigenvalue weighted by molar-refractivity contribution is 0.609. The number of allylic oxidation sites excluding steroid dienone is 2. The first-order chi connectivity index (χ1) is 8.91. The molecule has 0 rings (SSSR count). The second kappa shape index (κ2) is 16.7. The van der Waals surface area contributed by atoms with Gasteiger partial charge in [-0.3, -0.25) is 0 Å². The van der Waals surface area contributed by atoms with Crippen LogP contribution in [0, 0.1) is 6.92 Å². The molecular weight excluding hydrogens is 216 g/mol. The Kier molecular flexibility index (Phi) is 16.5. The normalized spacial score (nSPS) is 11.4. The molecule has 0 bridgehead atoms. The molecule has 0 radical (unpaired) electrons. The molecule has 0 aliphatic rings. The van der Waals surface area contributed by atoms with Crippen LogP contribution in [0.25, 0.3) is 0 Å². The van der Waals surface area contributed by atoms with Crippen molar-refractivity contribution in [1.82, 2.24) is 0 Å². The summed E-state index contributed by atoms with van der Waals surface area (Å²) in [5.41, 5.74) is 0. The summed E-state index contributed by atoms with van der Waals surface area (Å²) in [5.74, 6) is 0. The summed E-state index contributed by atoms with van der Waals surface area (Å²) in [5, 5.41) is 0. The number of unbranched alkanes of at least 4 members (excludes halogenated alkanes) is 12. The minimum Gasteiger partial charge on any atom is -0.343 e. The molecule has 0 aliphatic carbocycles. The van der Waals surface area contributed by atoms with Crippen molar-refractivity contribution in [2.75, 3.05) is 0 Å². The molecule has 0 unspecified atom stereocenters. The molecule has 0 heterocycles. The number of hydrogen-bond acceptors (Lipinski definition) is 0. The predicted molar refractivity (Wildman–Crippen MR) is 84.8 cm³/mol. The number of hydrogen-bond donors (Lipinski definition) is 0. The maximum Gasteiger partial charge on any atom is -0.0351 e. The van der Waals surface area contributed by atoms with Crippen molar-refractivity contribution in [3.63, 3.8) is 0 Å². The zero-order valence-corrected chi connectivity index (χ0v) is 12.8. The summed E-state index contributed by atoms with van der Waals surface area (Å²) >= 11 is 0. The lowest BCUT2D eigenvalue weighted by Crippen LogP contribution is -1.79. The van der Waals surface area contributed by atoms with E-state index >= 15 is 0 Å². The Morgan fingerprint density at radius 1 is 0.611 bits per heavy atom. The zero-order valence-electron chi connectivity index (χ0n) is 12.8. The fourth-order valence-corrected chi connectivity index (χ4v) is 2.25. The van der Waals surface area contributed by atoms with E-state index in [-0.39, 0.29) is 0 Å². The van der Waals surface area contributed by atoms with Crippen molar-refractivity contribution in [2.45, 2.75) is 96.8 Å². The van der Waals surface area contributed by atoms with Gasteiger partial charge in [0.1, 0.15) is 0 Å². The Labute approximate surface area is 116 Å². The highest BCUT2D eigenvalue weighted by molar-refractivity contribution is 4.81. The van der Waals surface area contributed by atoms with Crippen molar-refractivity contribution in [3.8, 4) is 0 Å². The molecule has 0 saturated carbocycles. The Morgan fingerprint density at radius 2 is 1.06 bits per heavy atom. The first-order valence-electron chi connectivity index (χ1n) is 8.36. The fraction of sp³-hybridized carbons (Fsp3) is 0.833. The number of rotatable bonds is 14. The van der Waals surface area contributed by atoms with E-state index in [1.807, 2.05) is 0 Å². The molecule has 0 saturated heterocycles. The average molecular weight is 251 g/mol. The van der Waals surface area contributed by atoms with Crippen LogP contribution < -0.4 is 0 Å². The molecule has 0 amide bonds. The summed E-state index contributed by atoms with van der Waals surface area (Å²) in [6, 6.07) is 0. The maximum absolute atomic E-state index is 3.87. The van der Waals surface area contributed by atoms with Crippen LogP contribution >= 0.6 is 0 Å². The molecule has 0 aromatic rings. The van der Waals surface area contributed by atoms with Crippen LogP contribution in [0.2, 0.25) is 0 Å². The maximum atomic E-state index is 3.87. The lowest BCUT2D eigenvalue weighted by Gasteiger charge is -2.00. The van der Waals surface area contributed by atoms with Gasteiger partial charge in [0.2, 0.25) is 0 Å². The van der Waals surface area contributed by atoms with Gasteiger partial charge >= 0.3 is 0 Å². The molecule has 0 aromatic carbocycles. The molecule has 0 N–H and O–H groups in total. The van der Waals surface area contributed by atoms with Crippen LogP contribution in [0.3, 0.4) is 0 Å². The van der Waals surface area contributed by atoms with Crippen LogP contribution in [0.1, 0.15) is 96.8 Å². The van der Waals surface area contributed by atoms with Crippen LogP contribution in [0.4, 0.5) is 0 Å². The Hall–Kier alpha value is -0.260. The Morgan fingerprint density at radius 3 is 1.56 bits per heavy atom. The molecule has 0 aliphatic heterocycles. The standard InChI is InChI=1S/C18H35/c1-3-5-7-9-11-13-15-17-18-16-14-12-10-8-6-4-2/h17-18H,1,3-16H2,2H3/q-1/b18-17-. The third-order valence-electron chi connectivity index (χ3n) is 3.51. The molecule has 0 nitrogen and oxygen atoms in total. The largest absolute Gasteiger partial charge is 0.343 e. The summed E-state index contributed by atoms with van der Waals surface area (Å²) in [6.45, 7) is 6.15. The van der Waals surface area contributed by atoms with Gasteiger partial charge < -0.3 is 6.92 Å². The third kappa shape index (κ3) is 15.7. The average Bonchev–Trinajstić information content (AvgIpc) is 2.39. The van der Waals surface area contributed by atoms with Gasteiger partial charge in [0.25, 0.3) is 0 Å². The fourth-order valence-electron chi connectivity index (χ4n) is 2.25. The summed E-state index contributed by atoms with van der Waals surface area (Å²) in [4.78, 5) is 0. The van der Waals surface area contributed by atoms with Crippen LogP contribution in [0.15, 0.2) is 12.2 Å². The van der Waals surface area contributed by atoms with E-state index in [2.05, 4.69) is 26.0 Å². The topological polar surface area (TPSA) is 0 Å². The van der Waals surface area contributed by atoms with E-state index in [4.69, 9.17) is 0 Å². The van der Waals surface area contributed by atoms with Gasteiger partial charge in [-0.15, -0.1) is 0 Å². The van der Waals surface area contributed by atoms with E-state index in [1.165, 1.54) is 83.5 Å². The third-order valence-corrected chi connectivity index (χ3v) is 3.51. The van der Waals surface area contributed by atoms with Crippen LogP contribution in [0.5, 0.6) is 0 Å². The second-order valence-electron chi connectivity index (χ2n) is 5.44. The summed E-state index contributed by atoms with van der Waals surface area (Å²) in [7, 11) is 0. The van der Waals surface area contributed by atoms with Crippen LogP contribution in [-0.2, 0) is 0 Å². The van der Waals surface area contributed by atoms with Crippen molar-refractivity contribution in [2.24, 2.45) is 0 Å². The van der Waals surface area contributed by atoms with Gasteiger partial charge in [-0.25, -0.2) is 0 Å². The molecule has 0 atom stereocenters. The molecule has 108 valence electrons. The Balaban J connectivity index is 3.00. The lowest BCUT2D eigenvalue weighted by atomic mass is 10.1. The van der Waals surface area contributed by atoms with E-state index in [0.29, 0.717) is 0 Å². The molecule has 0 fully saturated rings. The molecular formula is C18H35-. The van der Waals surface area contributed by atoms with Crippen molar-refractivity contribution in [3.05, 3.63) is 19.1 Å².